The molecule has 0 amide bonds. The first-order valence-electron chi connectivity index (χ1n) is 45.4. The molecule has 92 heavy (non-hydrogen) atoms. The standard InChI is InChI=1S/C92H60/c1-5-6-18-20-10-17-14-45-15(2)7-8-46-67(45)44(4)52(17)43(3)50(20)26(18)32-38-34-28-21-12-23-30-37-40-41-36-31-24-13-22-29-35-39-33-27-19-9-16-11-25(45)47(16)42(19)51(27)58(33)64(39)60(35)54(29)49(22,24)56(31)61(36)66(41)65(40)62(37)55(30)48(21,23)53(28)59(34)63(38)57(32,50)68(43)74(52)69(44)84(67)71(46)75(58,70(46,47)51)81(64)78(60)73(54,56)79(61)83(66)82(65)80(62)72(53,55)77(59)76(63,68)87(74)85(69)90(82,89(77,80)87)91(83)88(78,79)86(71,81)92(84,85)91/h15-42H,5-14H2,1-4H3. The normalized spacial score (nSPS) is 140. The van der Waals surface area contributed by atoms with E-state index in [2.05, 4.69) is 27.7 Å². The molecule has 0 nitrogen and oxygen atoms in total. The van der Waals surface area contributed by atoms with E-state index in [4.69, 9.17) is 0 Å². The summed E-state index contributed by atoms with van der Waals surface area (Å²) in [7, 11) is 0. The molecule has 78 unspecified atom stereocenters. The quantitative estimate of drug-likeness (QED) is 0.259. The van der Waals surface area contributed by atoms with Crippen molar-refractivity contribution in [2.45, 2.75) is 91.9 Å². The van der Waals surface area contributed by atoms with Crippen molar-refractivity contribution in [3.63, 3.8) is 0 Å². The largest absolute Gasteiger partial charge is 0.0654 e. The lowest BCUT2D eigenvalue weighted by Gasteiger charge is -3.79. The van der Waals surface area contributed by atoms with Crippen molar-refractivity contribution in [3.05, 3.63) is 43.3 Å². The fourth-order valence-electron chi connectivity index (χ4n) is 104. The van der Waals surface area contributed by atoms with Crippen molar-refractivity contribution < 1.29 is 0 Å². The second-order valence-corrected chi connectivity index (χ2v) is 59.0. The van der Waals surface area contributed by atoms with E-state index in [0.29, 0.717) is 0 Å². The van der Waals surface area contributed by atoms with Gasteiger partial charge in [0.15, 0.2) is 0 Å². The predicted molar refractivity (Wildman–Crippen MR) is 295 cm³/mol. The minimum absolute atomic E-state index is 0.827. The van der Waals surface area contributed by atoms with Crippen LogP contribution in [0, 0.1) is 436 Å². The Morgan fingerprint density at radius 3 is 1.36 bits per heavy atom. The molecular weight excluding hydrogens is 1110 g/mol. The average molecular weight is 1170 g/mol. The number of fused-ring (bicyclic) bond motifs is 18. The lowest BCUT2D eigenvalue weighted by atomic mass is 8.23. The number of hydrogen-bond acceptors (Lipinski definition) is 0. The minimum atomic E-state index is 0.827. The van der Waals surface area contributed by atoms with Crippen LogP contribution in [-0.4, -0.2) is 0 Å². The molecule has 428 valence electrons. The fourth-order valence-corrected chi connectivity index (χ4v) is 104. The first-order valence-corrected chi connectivity index (χ1v) is 45.4. The third-order valence-electron chi connectivity index (χ3n) is 79.4. The Morgan fingerprint density at radius 2 is 0.761 bits per heavy atom. The van der Waals surface area contributed by atoms with Gasteiger partial charge in [-0.3, -0.25) is 0 Å². The number of hydrogen-bond donors (Lipinski definition) is 0. The summed E-state index contributed by atoms with van der Waals surface area (Å²) < 4.78 is 0. The van der Waals surface area contributed by atoms with Crippen LogP contribution in [0.5, 0.6) is 0 Å². The summed E-state index contributed by atoms with van der Waals surface area (Å²) in [6, 6.07) is 0. The lowest BCUT2D eigenvalue weighted by Crippen LogP contribution is -3.76. The molecule has 63 fully saturated rings. The molecule has 2 bridgehead atoms. The van der Waals surface area contributed by atoms with Gasteiger partial charge in [0.05, 0.1) is 0 Å². The van der Waals surface area contributed by atoms with Gasteiger partial charge in [0.2, 0.25) is 0 Å². The maximum atomic E-state index is 3.84. The molecule has 0 aliphatic heterocycles. The third kappa shape index (κ3) is 0.657. The molecule has 78 atom stereocenters. The Bertz CT molecular complexity index is 6790. The summed E-state index contributed by atoms with van der Waals surface area (Å²) in [5, 5.41) is 0. The highest BCUT2D eigenvalue weighted by atomic mass is 15.9. The van der Waals surface area contributed by atoms with Crippen molar-refractivity contribution in [1.82, 2.24) is 0 Å². The molecule has 0 aromatic heterocycles. The van der Waals surface area contributed by atoms with Crippen molar-refractivity contribution in [1.29, 1.82) is 0 Å². The molecule has 0 N–H and O–H groups in total. The lowest BCUT2D eigenvalue weighted by molar-refractivity contribution is -1.21. The van der Waals surface area contributed by atoms with Crippen LogP contribution in [0.4, 0.5) is 0 Å². The molecule has 63 aliphatic rings. The Morgan fingerprint density at radius 1 is 0.315 bits per heavy atom. The van der Waals surface area contributed by atoms with Crippen molar-refractivity contribution >= 4 is 0 Å². The predicted octanol–water partition coefficient (Wildman–Crippen LogP) is 10.0. The highest BCUT2D eigenvalue weighted by Gasteiger charge is 3.84. The number of rotatable bonds is 2. The van der Waals surface area contributed by atoms with E-state index in [9.17, 15) is 0 Å². The molecule has 63 saturated carbocycles. The van der Waals surface area contributed by atoms with E-state index in [1.807, 2.05) is 51.4 Å². The second-order valence-electron chi connectivity index (χ2n) is 59.0. The van der Waals surface area contributed by atoms with Gasteiger partial charge >= 0.3 is 0 Å². The zero-order chi connectivity index (χ0) is 52.2. The monoisotopic (exact) mass is 1160 g/mol. The van der Waals surface area contributed by atoms with Crippen molar-refractivity contribution in [2.24, 2.45) is 393 Å². The van der Waals surface area contributed by atoms with Crippen LogP contribution in [0.15, 0.2) is 0 Å². The van der Waals surface area contributed by atoms with Crippen LogP contribution in [0.3, 0.4) is 0 Å². The Labute approximate surface area is 525 Å². The van der Waals surface area contributed by atoms with Gasteiger partial charge in [0, 0.05) is 0 Å². The molecule has 0 radical (unpaired) electrons. The van der Waals surface area contributed by atoms with Gasteiger partial charge in [-0.15, -0.1) is 0 Å². The zero-order valence-electron chi connectivity index (χ0n) is 52.2. The van der Waals surface area contributed by atoms with E-state index in [0.717, 1.165) is 277 Å². The van der Waals surface area contributed by atoms with Gasteiger partial charge < -0.3 is 0 Å². The third-order valence-corrected chi connectivity index (χ3v) is 79.4. The summed E-state index contributed by atoms with van der Waals surface area (Å²) in [5.74, 6) is 38.1. The van der Waals surface area contributed by atoms with Gasteiger partial charge in [-0.2, -0.15) is 0 Å². The molecule has 0 heterocycles. The zero-order valence-corrected chi connectivity index (χ0v) is 52.2. The van der Waals surface area contributed by atoms with Crippen LogP contribution in [0.2, 0.25) is 0 Å². The van der Waals surface area contributed by atoms with Gasteiger partial charge in [-0.1, -0.05) is 40.5 Å². The van der Waals surface area contributed by atoms with Gasteiger partial charge in [0.25, 0.3) is 0 Å². The molecule has 0 saturated heterocycles. The summed E-state index contributed by atoms with van der Waals surface area (Å²) in [5.41, 5.74) is 52.3. The SMILES string of the molecule is CCCC1C2CC3CC45C(C)CCC67C89C%10%11C(CC%12C%13C%14C%15C%16C%17C%18CC%19C%20C%21C%22C%23C%24C%25C%26CC%27C%28C%29C%30C%31C1C21C2(C)C3%32C3(C)C46C46C3%33C%323C2%32C%311C%301C%292C%28%29C%27%26C%25%26C%24%25C%23%24C%22%23C%21%22C%20%21C%18%19C%17%18C%16%17C%15%16C%14(C%138C%12%10)C98C74C47C%168C%178C%18%21C%229C%23%10C%24%12C%25%13C%29%26C2%14C1%32C31C%14%13C%122C%331C64C%102C897)CC5%11. The minimum Gasteiger partial charge on any atom is -0.0654 e. The second kappa shape index (κ2) is 4.75. The first-order chi connectivity index (χ1) is 45.4. The fraction of sp³-hybridized carbons (Fsp3) is 1.00. The molecule has 0 heteroatoms. The topological polar surface area (TPSA) is 0 Å². The maximum Gasteiger partial charge on any atom is -0.00000400 e. The van der Waals surface area contributed by atoms with E-state index in [-0.39, 0.29) is 0 Å². The summed E-state index contributed by atoms with van der Waals surface area (Å²) in [4.78, 5) is 0. The van der Waals surface area contributed by atoms with E-state index >= 15 is 0 Å². The Balaban J connectivity index is 0.666. The molecule has 63 aliphatic carbocycles. The highest BCUT2D eigenvalue weighted by molar-refractivity contribution is 6.61. The first kappa shape index (κ1) is 32.1. The molecule has 0 aromatic rings. The van der Waals surface area contributed by atoms with E-state index < -0.39 is 0 Å². The van der Waals surface area contributed by atoms with E-state index in [1.54, 1.807) is 12.8 Å². The Kier molecular flexibility index (Phi) is 1.66. The molecular formula is C92H60. The van der Waals surface area contributed by atoms with E-state index in [1.165, 1.54) is 160 Å². The average Bonchev–Trinajstić information content (AvgIpc) is 0.405. The van der Waals surface area contributed by atoms with Crippen LogP contribution in [-0.2, 0) is 0 Å². The summed E-state index contributed by atoms with van der Waals surface area (Å²) >= 11 is 0. The van der Waals surface area contributed by atoms with Crippen LogP contribution in [0.1, 0.15) is 91.9 Å². The van der Waals surface area contributed by atoms with Crippen molar-refractivity contribution in [3.8, 4) is 0 Å². The van der Waals surface area contributed by atoms with Gasteiger partial charge in [-0.05, 0) is 488 Å². The van der Waals surface area contributed by atoms with Crippen molar-refractivity contribution in [2.75, 3.05) is 0 Å². The maximum absolute atomic E-state index is 3.84. The highest BCUT2D eigenvalue weighted by Crippen LogP contribution is 3.87. The van der Waals surface area contributed by atoms with Crippen LogP contribution >= 0.6 is 0 Å². The van der Waals surface area contributed by atoms with Gasteiger partial charge in [0.1, 0.15) is 0 Å². The summed E-state index contributed by atoms with van der Waals surface area (Å²) in [6.07, 6.45) is 18.7. The van der Waals surface area contributed by atoms with Gasteiger partial charge in [-0.25, -0.2) is 0 Å². The molecule has 0 aromatic carbocycles. The summed E-state index contributed by atoms with van der Waals surface area (Å²) in [6.45, 7) is 13.6. The van der Waals surface area contributed by atoms with Crippen LogP contribution < -0.4 is 0 Å². The Hall–Kier alpha value is 0. The molecule has 63 rings (SSSR count). The molecule has 47 spiro atoms. The van der Waals surface area contributed by atoms with Crippen LogP contribution in [0.25, 0.3) is 0 Å². The smallest absolute Gasteiger partial charge is 0.00000400 e.